The Balaban J connectivity index is 1.41. The van der Waals surface area contributed by atoms with Crippen molar-refractivity contribution in [1.29, 1.82) is 0 Å². The van der Waals surface area contributed by atoms with E-state index in [1.165, 1.54) is 37.7 Å². The highest BCUT2D eigenvalue weighted by Crippen LogP contribution is 2.27. The highest BCUT2D eigenvalue weighted by atomic mass is 32.1. The fourth-order valence-electron chi connectivity index (χ4n) is 3.06. The minimum absolute atomic E-state index is 0.193. The largest absolute Gasteiger partial charge is 0.488 e. The van der Waals surface area contributed by atoms with Gasteiger partial charge in [-0.15, -0.1) is 0 Å². The molecule has 1 unspecified atom stereocenters. The lowest BCUT2D eigenvalue weighted by atomic mass is 9.96. The summed E-state index contributed by atoms with van der Waals surface area (Å²) in [5.74, 6) is 1.02. The topological polar surface area (TPSA) is 33.3 Å². The van der Waals surface area contributed by atoms with Crippen molar-refractivity contribution in [3.8, 4) is 5.75 Å². The van der Waals surface area contributed by atoms with Crippen LogP contribution >= 0.6 is 12.2 Å². The van der Waals surface area contributed by atoms with Crippen LogP contribution in [0.2, 0.25) is 0 Å². The van der Waals surface area contributed by atoms with Crippen LogP contribution in [0.1, 0.15) is 37.7 Å². The van der Waals surface area contributed by atoms with Crippen molar-refractivity contribution in [3.63, 3.8) is 0 Å². The van der Waals surface area contributed by atoms with Crippen LogP contribution in [0.5, 0.6) is 5.75 Å². The molecule has 1 heterocycles. The molecule has 2 aliphatic rings. The Morgan fingerprint density at radius 3 is 2.80 bits per heavy atom. The monoisotopic (exact) mass is 290 g/mol. The highest BCUT2D eigenvalue weighted by molar-refractivity contribution is 7.80. The minimum Gasteiger partial charge on any atom is -0.488 e. The molecule has 1 fully saturated rings. The predicted molar refractivity (Wildman–Crippen MR) is 85.2 cm³/mol. The third-order valence-electron chi connectivity index (χ3n) is 4.14. The Kier molecular flexibility index (Phi) is 4.41. The standard InChI is InChI=1S/C16H22N2OS/c20-16(18-13-7-2-1-3-8-13)17-11-14-10-12-6-4-5-9-15(12)19-14/h4-6,9,13-14H,1-3,7-8,10-11H2,(H2,17,18,20). The van der Waals surface area contributed by atoms with Crippen LogP contribution in [0, 0.1) is 0 Å². The van der Waals surface area contributed by atoms with Gasteiger partial charge in [0.2, 0.25) is 0 Å². The molecule has 1 aromatic rings. The van der Waals surface area contributed by atoms with Gasteiger partial charge in [0.25, 0.3) is 0 Å². The van der Waals surface area contributed by atoms with Crippen LogP contribution in [0.25, 0.3) is 0 Å². The first-order valence-corrected chi connectivity index (χ1v) is 8.01. The lowest BCUT2D eigenvalue weighted by Crippen LogP contribution is -2.45. The predicted octanol–water partition coefficient (Wildman–Crippen LogP) is 2.79. The summed E-state index contributed by atoms with van der Waals surface area (Å²) in [5, 5.41) is 7.51. The van der Waals surface area contributed by atoms with E-state index >= 15 is 0 Å². The minimum atomic E-state index is 0.193. The van der Waals surface area contributed by atoms with Crippen LogP contribution in [0.3, 0.4) is 0 Å². The van der Waals surface area contributed by atoms with E-state index in [1.54, 1.807) is 0 Å². The summed E-state index contributed by atoms with van der Waals surface area (Å²) in [6.45, 7) is 0.771. The number of ether oxygens (including phenoxy) is 1. The van der Waals surface area contributed by atoms with Crippen molar-refractivity contribution >= 4 is 17.3 Å². The zero-order chi connectivity index (χ0) is 13.8. The van der Waals surface area contributed by atoms with E-state index in [-0.39, 0.29) is 6.10 Å². The molecule has 0 radical (unpaired) electrons. The highest BCUT2D eigenvalue weighted by Gasteiger charge is 2.22. The quantitative estimate of drug-likeness (QED) is 0.839. The second-order valence-corrected chi connectivity index (χ2v) is 6.15. The summed E-state index contributed by atoms with van der Waals surface area (Å²) in [4.78, 5) is 0. The molecular weight excluding hydrogens is 268 g/mol. The Bertz CT molecular complexity index is 446. The molecule has 0 saturated heterocycles. The third kappa shape index (κ3) is 3.42. The average Bonchev–Trinajstić information content (AvgIpc) is 2.89. The Morgan fingerprint density at radius 1 is 1.20 bits per heavy atom. The van der Waals surface area contributed by atoms with E-state index in [1.807, 2.05) is 12.1 Å². The summed E-state index contributed by atoms with van der Waals surface area (Å²) >= 11 is 5.38. The number of hydrogen-bond acceptors (Lipinski definition) is 2. The zero-order valence-electron chi connectivity index (χ0n) is 11.7. The van der Waals surface area contributed by atoms with Crippen LogP contribution < -0.4 is 15.4 Å². The molecule has 1 aliphatic heterocycles. The van der Waals surface area contributed by atoms with E-state index in [4.69, 9.17) is 17.0 Å². The summed E-state index contributed by atoms with van der Waals surface area (Å²) in [5.41, 5.74) is 1.30. The Morgan fingerprint density at radius 2 is 2.00 bits per heavy atom. The molecule has 3 rings (SSSR count). The van der Waals surface area contributed by atoms with E-state index < -0.39 is 0 Å². The van der Waals surface area contributed by atoms with Crippen molar-refractivity contribution in [2.45, 2.75) is 50.7 Å². The average molecular weight is 290 g/mol. The van der Waals surface area contributed by atoms with Crippen molar-refractivity contribution in [3.05, 3.63) is 29.8 Å². The Hall–Kier alpha value is -1.29. The zero-order valence-corrected chi connectivity index (χ0v) is 12.5. The maximum absolute atomic E-state index is 5.90. The first kappa shape index (κ1) is 13.7. The number of fused-ring (bicyclic) bond motifs is 1. The van der Waals surface area contributed by atoms with Gasteiger partial charge < -0.3 is 15.4 Å². The van der Waals surface area contributed by atoms with Gasteiger partial charge in [0.1, 0.15) is 11.9 Å². The molecule has 0 spiro atoms. The van der Waals surface area contributed by atoms with Gasteiger partial charge in [-0.2, -0.15) is 0 Å². The molecule has 4 heteroatoms. The number of benzene rings is 1. The number of thiocarbonyl (C=S) groups is 1. The van der Waals surface area contributed by atoms with Gasteiger partial charge in [0, 0.05) is 12.5 Å². The van der Waals surface area contributed by atoms with Crippen LogP contribution in [-0.4, -0.2) is 23.8 Å². The Labute approximate surface area is 126 Å². The number of nitrogens with one attached hydrogen (secondary N) is 2. The molecule has 1 aliphatic carbocycles. The molecule has 1 saturated carbocycles. The molecule has 108 valence electrons. The number of rotatable bonds is 3. The second-order valence-electron chi connectivity index (χ2n) is 5.74. The van der Waals surface area contributed by atoms with Crippen LogP contribution in [-0.2, 0) is 6.42 Å². The van der Waals surface area contributed by atoms with Crippen molar-refractivity contribution in [1.82, 2.24) is 10.6 Å². The van der Waals surface area contributed by atoms with Gasteiger partial charge in [0.05, 0.1) is 6.54 Å². The SMILES string of the molecule is S=C(NCC1Cc2ccccc2O1)NC1CCCCC1. The number of hydrogen-bond donors (Lipinski definition) is 2. The lowest BCUT2D eigenvalue weighted by Gasteiger charge is -2.24. The molecule has 3 nitrogen and oxygen atoms in total. The van der Waals surface area contributed by atoms with Crippen LogP contribution in [0.15, 0.2) is 24.3 Å². The van der Waals surface area contributed by atoms with Crippen molar-refractivity contribution in [2.75, 3.05) is 6.54 Å². The molecule has 0 bridgehead atoms. The van der Waals surface area contributed by atoms with Gasteiger partial charge >= 0.3 is 0 Å². The first-order chi connectivity index (χ1) is 9.81. The smallest absolute Gasteiger partial charge is 0.166 e. The number of para-hydroxylation sites is 1. The third-order valence-corrected chi connectivity index (χ3v) is 4.41. The molecule has 1 atom stereocenters. The van der Waals surface area contributed by atoms with E-state index in [0.29, 0.717) is 6.04 Å². The fourth-order valence-corrected chi connectivity index (χ4v) is 3.31. The van der Waals surface area contributed by atoms with Gasteiger partial charge in [-0.05, 0) is 36.7 Å². The summed E-state index contributed by atoms with van der Waals surface area (Å²) in [6.07, 6.45) is 7.66. The lowest BCUT2D eigenvalue weighted by molar-refractivity contribution is 0.235. The second kappa shape index (κ2) is 6.44. The first-order valence-electron chi connectivity index (χ1n) is 7.60. The van der Waals surface area contributed by atoms with E-state index in [9.17, 15) is 0 Å². The van der Waals surface area contributed by atoms with Crippen molar-refractivity contribution < 1.29 is 4.74 Å². The van der Waals surface area contributed by atoms with Gasteiger partial charge in [-0.1, -0.05) is 37.5 Å². The maximum atomic E-state index is 5.90. The molecule has 0 aromatic heterocycles. The summed E-state index contributed by atoms with van der Waals surface area (Å²) < 4.78 is 5.90. The molecule has 1 aromatic carbocycles. The normalized spacial score (nSPS) is 21.9. The molecule has 0 amide bonds. The van der Waals surface area contributed by atoms with E-state index in [0.717, 1.165) is 23.8 Å². The van der Waals surface area contributed by atoms with E-state index in [2.05, 4.69) is 22.8 Å². The fraction of sp³-hybridized carbons (Fsp3) is 0.562. The van der Waals surface area contributed by atoms with Gasteiger partial charge in [0.15, 0.2) is 5.11 Å². The summed E-state index contributed by atoms with van der Waals surface area (Å²) in [6, 6.07) is 8.81. The van der Waals surface area contributed by atoms with Crippen molar-refractivity contribution in [2.24, 2.45) is 0 Å². The summed E-state index contributed by atoms with van der Waals surface area (Å²) in [7, 11) is 0. The van der Waals surface area contributed by atoms with Gasteiger partial charge in [-0.3, -0.25) is 0 Å². The maximum Gasteiger partial charge on any atom is 0.166 e. The molecule has 20 heavy (non-hydrogen) atoms. The van der Waals surface area contributed by atoms with Gasteiger partial charge in [-0.25, -0.2) is 0 Å². The molecule has 2 N–H and O–H groups in total. The van der Waals surface area contributed by atoms with Crippen LogP contribution in [0.4, 0.5) is 0 Å². The molecular formula is C16H22N2OS.